The van der Waals surface area contributed by atoms with E-state index in [9.17, 15) is 13.2 Å². The van der Waals surface area contributed by atoms with Crippen molar-refractivity contribution < 1.29 is 13.2 Å². The van der Waals surface area contributed by atoms with Crippen LogP contribution >= 0.6 is 0 Å². The second kappa shape index (κ2) is 10.7. The van der Waals surface area contributed by atoms with Gasteiger partial charge < -0.3 is 15.2 Å². The van der Waals surface area contributed by atoms with Gasteiger partial charge in [0.2, 0.25) is 0 Å². The van der Waals surface area contributed by atoms with Crippen molar-refractivity contribution in [2.24, 2.45) is 5.73 Å². The van der Waals surface area contributed by atoms with Crippen LogP contribution in [0.2, 0.25) is 0 Å². The van der Waals surface area contributed by atoms with Crippen LogP contribution in [0.15, 0.2) is 54.7 Å². The average Bonchev–Trinajstić information content (AvgIpc) is 3.18. The first-order valence-electron chi connectivity index (χ1n) is 12.1. The van der Waals surface area contributed by atoms with Crippen molar-refractivity contribution in [3.63, 3.8) is 0 Å². The SMILES string of the molecule is NCCCCCCN1CCC(c2cn(Cc3ccc(C(F)(F)F)cc3)c3ccccc23)CC1. The normalized spacial score (nSPS) is 16.0. The highest BCUT2D eigenvalue weighted by Crippen LogP contribution is 2.35. The Bertz CT molecular complexity index is 1020. The van der Waals surface area contributed by atoms with Crippen molar-refractivity contribution in [1.29, 1.82) is 0 Å². The summed E-state index contributed by atoms with van der Waals surface area (Å²) < 4.78 is 40.9. The van der Waals surface area contributed by atoms with Gasteiger partial charge in [0.15, 0.2) is 0 Å². The Kier molecular flexibility index (Phi) is 7.76. The second-order valence-corrected chi connectivity index (χ2v) is 9.24. The zero-order valence-electron chi connectivity index (χ0n) is 19.2. The van der Waals surface area contributed by atoms with E-state index in [0.717, 1.165) is 50.0 Å². The first kappa shape index (κ1) is 23.8. The van der Waals surface area contributed by atoms with Crippen molar-refractivity contribution >= 4 is 10.9 Å². The van der Waals surface area contributed by atoms with Crippen molar-refractivity contribution in [3.8, 4) is 0 Å². The number of rotatable bonds is 9. The third-order valence-corrected chi connectivity index (χ3v) is 6.91. The number of unbranched alkanes of at least 4 members (excludes halogenated alkanes) is 3. The average molecular weight is 458 g/mol. The first-order valence-corrected chi connectivity index (χ1v) is 12.1. The minimum Gasteiger partial charge on any atom is -0.343 e. The van der Waals surface area contributed by atoms with Gasteiger partial charge >= 0.3 is 6.18 Å². The molecule has 0 radical (unpaired) electrons. The summed E-state index contributed by atoms with van der Waals surface area (Å²) in [5.74, 6) is 0.525. The Morgan fingerprint density at radius 2 is 1.58 bits per heavy atom. The Morgan fingerprint density at radius 3 is 2.27 bits per heavy atom. The minimum absolute atomic E-state index is 0.525. The number of alkyl halides is 3. The van der Waals surface area contributed by atoms with Gasteiger partial charge in [-0.2, -0.15) is 13.2 Å². The largest absolute Gasteiger partial charge is 0.416 e. The molecule has 1 aliphatic rings. The molecule has 178 valence electrons. The number of piperidine rings is 1. The number of halogens is 3. The molecule has 1 saturated heterocycles. The van der Waals surface area contributed by atoms with E-state index >= 15 is 0 Å². The fourth-order valence-electron chi connectivity index (χ4n) is 5.03. The molecule has 1 aliphatic heterocycles. The minimum atomic E-state index is -4.30. The van der Waals surface area contributed by atoms with Crippen molar-refractivity contribution in [2.45, 2.75) is 57.2 Å². The van der Waals surface area contributed by atoms with Gasteiger partial charge in [0.25, 0.3) is 0 Å². The topological polar surface area (TPSA) is 34.2 Å². The van der Waals surface area contributed by atoms with Crippen LogP contribution in [0.5, 0.6) is 0 Å². The number of nitrogens with two attached hydrogens (primary N) is 1. The van der Waals surface area contributed by atoms with Gasteiger partial charge in [0.1, 0.15) is 0 Å². The molecule has 33 heavy (non-hydrogen) atoms. The summed E-state index contributed by atoms with van der Waals surface area (Å²) in [6.45, 7) is 4.78. The van der Waals surface area contributed by atoms with Gasteiger partial charge in [-0.15, -0.1) is 0 Å². The standard InChI is InChI=1S/C27H34F3N3/c28-27(29,30)23-11-9-21(10-12-23)19-33-20-25(24-7-3-4-8-26(24)33)22-13-17-32(18-14-22)16-6-2-1-5-15-31/h3-4,7-12,20,22H,1-2,5-6,13-19,31H2. The third-order valence-electron chi connectivity index (χ3n) is 6.91. The molecule has 0 unspecified atom stereocenters. The molecule has 0 atom stereocenters. The van der Waals surface area contributed by atoms with Crippen LogP contribution in [0.25, 0.3) is 10.9 Å². The fraction of sp³-hybridized carbons (Fsp3) is 0.481. The molecule has 1 aromatic heterocycles. The zero-order chi connectivity index (χ0) is 23.3. The molecule has 6 heteroatoms. The fourth-order valence-corrected chi connectivity index (χ4v) is 5.03. The lowest BCUT2D eigenvalue weighted by Gasteiger charge is -2.32. The Morgan fingerprint density at radius 1 is 0.879 bits per heavy atom. The van der Waals surface area contributed by atoms with E-state index < -0.39 is 11.7 Å². The van der Waals surface area contributed by atoms with E-state index in [1.165, 1.54) is 48.9 Å². The number of aromatic nitrogens is 1. The molecule has 4 rings (SSSR count). The molecule has 0 spiro atoms. The highest BCUT2D eigenvalue weighted by molar-refractivity contribution is 5.84. The van der Waals surface area contributed by atoms with E-state index in [0.29, 0.717) is 12.5 Å². The first-order chi connectivity index (χ1) is 16.0. The molecule has 2 heterocycles. The molecule has 0 aliphatic carbocycles. The molecule has 0 saturated carbocycles. The molecular formula is C27H34F3N3. The lowest BCUT2D eigenvalue weighted by molar-refractivity contribution is -0.137. The van der Waals surface area contributed by atoms with E-state index in [2.05, 4.69) is 33.9 Å². The molecule has 0 amide bonds. The number of fused-ring (bicyclic) bond motifs is 1. The van der Waals surface area contributed by atoms with Crippen molar-refractivity contribution in [3.05, 3.63) is 71.4 Å². The molecule has 1 fully saturated rings. The van der Waals surface area contributed by atoms with Crippen LogP contribution in [0.4, 0.5) is 13.2 Å². The van der Waals surface area contributed by atoms with E-state index in [4.69, 9.17) is 5.73 Å². The summed E-state index contributed by atoms with van der Waals surface area (Å²) in [6, 6.07) is 13.9. The number of para-hydroxylation sites is 1. The number of benzene rings is 2. The summed E-state index contributed by atoms with van der Waals surface area (Å²) in [4.78, 5) is 2.58. The zero-order valence-corrected chi connectivity index (χ0v) is 19.2. The summed E-state index contributed by atoms with van der Waals surface area (Å²) in [7, 11) is 0. The lowest BCUT2D eigenvalue weighted by Crippen LogP contribution is -2.33. The lowest BCUT2D eigenvalue weighted by atomic mass is 9.89. The predicted octanol–water partition coefficient (Wildman–Crippen LogP) is 6.41. The summed E-state index contributed by atoms with van der Waals surface area (Å²) in [5.41, 5.74) is 8.37. The predicted molar refractivity (Wildman–Crippen MR) is 128 cm³/mol. The Balaban J connectivity index is 1.42. The van der Waals surface area contributed by atoms with Gasteiger partial charge in [-0.05, 0) is 87.1 Å². The summed E-state index contributed by atoms with van der Waals surface area (Å²) >= 11 is 0. The van der Waals surface area contributed by atoms with E-state index in [1.54, 1.807) is 12.1 Å². The molecule has 2 aromatic carbocycles. The van der Waals surface area contributed by atoms with Crippen LogP contribution in [0.3, 0.4) is 0 Å². The highest BCUT2D eigenvalue weighted by Gasteiger charge is 2.30. The van der Waals surface area contributed by atoms with Gasteiger partial charge in [-0.1, -0.05) is 43.2 Å². The van der Waals surface area contributed by atoms with Crippen LogP contribution < -0.4 is 5.73 Å². The van der Waals surface area contributed by atoms with Gasteiger partial charge in [0.05, 0.1) is 5.56 Å². The van der Waals surface area contributed by atoms with Gasteiger partial charge in [-0.3, -0.25) is 0 Å². The second-order valence-electron chi connectivity index (χ2n) is 9.24. The van der Waals surface area contributed by atoms with Crippen molar-refractivity contribution in [2.75, 3.05) is 26.2 Å². The monoisotopic (exact) mass is 457 g/mol. The molecule has 0 bridgehead atoms. The highest BCUT2D eigenvalue weighted by atomic mass is 19.4. The van der Waals surface area contributed by atoms with Gasteiger partial charge in [-0.25, -0.2) is 0 Å². The number of hydrogen-bond donors (Lipinski definition) is 1. The van der Waals surface area contributed by atoms with Gasteiger partial charge in [0, 0.05) is 23.6 Å². The maximum Gasteiger partial charge on any atom is 0.416 e. The third kappa shape index (κ3) is 5.98. The Hall–Kier alpha value is -2.31. The number of likely N-dealkylation sites (tertiary alicyclic amines) is 1. The maximum atomic E-state index is 12.9. The van der Waals surface area contributed by atoms with Crippen LogP contribution in [-0.4, -0.2) is 35.6 Å². The summed E-state index contributed by atoms with van der Waals surface area (Å²) in [5, 5.41) is 1.27. The smallest absolute Gasteiger partial charge is 0.343 e. The maximum absolute atomic E-state index is 12.9. The van der Waals surface area contributed by atoms with Crippen LogP contribution in [0, 0.1) is 0 Å². The molecule has 3 nitrogen and oxygen atoms in total. The molecular weight excluding hydrogens is 423 g/mol. The van der Waals surface area contributed by atoms with E-state index in [1.807, 2.05) is 6.07 Å². The number of hydrogen-bond acceptors (Lipinski definition) is 2. The molecule has 2 N–H and O–H groups in total. The molecule has 3 aromatic rings. The quantitative estimate of drug-likeness (QED) is 0.377. The Labute approximate surface area is 194 Å². The summed E-state index contributed by atoms with van der Waals surface area (Å²) in [6.07, 6.45) is 5.09. The van der Waals surface area contributed by atoms with Crippen LogP contribution in [0.1, 0.15) is 61.1 Å². The van der Waals surface area contributed by atoms with Crippen molar-refractivity contribution in [1.82, 2.24) is 9.47 Å². The van der Waals surface area contributed by atoms with E-state index in [-0.39, 0.29) is 0 Å². The number of nitrogens with zero attached hydrogens (tertiary/aromatic N) is 2. The van der Waals surface area contributed by atoms with Crippen LogP contribution in [-0.2, 0) is 12.7 Å².